The number of hydrogen-bond donors (Lipinski definition) is 7. The van der Waals surface area contributed by atoms with Crippen LogP contribution in [0.1, 0.15) is 6.42 Å². The van der Waals surface area contributed by atoms with Crippen LogP contribution in [0.5, 0.6) is 0 Å². The van der Waals surface area contributed by atoms with Gasteiger partial charge in [-0.1, -0.05) is 63.2 Å². The number of ether oxygens (including phenoxy) is 4. The Morgan fingerprint density at radius 2 is 1.13 bits per heavy atom. The molecule has 0 aliphatic carbocycles. The minimum Gasteiger partial charge on any atom is -0.394 e. The van der Waals surface area contributed by atoms with Gasteiger partial charge in [-0.05, 0) is 6.42 Å². The molecule has 2 aliphatic rings. The van der Waals surface area contributed by atoms with E-state index >= 15 is 0 Å². The van der Waals surface area contributed by atoms with Crippen molar-refractivity contribution in [2.24, 2.45) is 0 Å². The topological polar surface area (TPSA) is 179 Å². The van der Waals surface area contributed by atoms with Gasteiger partial charge in [0.25, 0.3) is 0 Å². The zero-order valence-electron chi connectivity index (χ0n) is 24.0. The molecule has 2 aliphatic heterocycles. The summed E-state index contributed by atoms with van der Waals surface area (Å²) in [5, 5.41) is 71.0. The van der Waals surface area contributed by atoms with Crippen LogP contribution in [0.2, 0.25) is 63.2 Å². The third-order valence-electron chi connectivity index (χ3n) is 7.08. The van der Waals surface area contributed by atoms with E-state index in [-0.39, 0.29) is 0 Å². The van der Waals surface area contributed by atoms with Gasteiger partial charge in [0.05, 0.1) is 13.2 Å². The lowest BCUT2D eigenvalue weighted by molar-refractivity contribution is -0.359. The van der Waals surface area contributed by atoms with Crippen molar-refractivity contribution in [1.82, 2.24) is 0 Å². The van der Waals surface area contributed by atoms with Crippen molar-refractivity contribution in [3.63, 3.8) is 0 Å². The lowest BCUT2D eigenvalue weighted by atomic mass is 9.97. The molecule has 0 bridgehead atoms. The Kier molecular flexibility index (Phi) is 12.6. The first kappa shape index (κ1) is 34.4. The van der Waals surface area contributed by atoms with E-state index < -0.39 is 98.8 Å². The van der Waals surface area contributed by atoms with Gasteiger partial charge in [0, 0.05) is 30.8 Å². The van der Waals surface area contributed by atoms with E-state index in [4.69, 9.17) is 18.9 Å². The predicted molar refractivity (Wildman–Crippen MR) is 150 cm³/mol. The summed E-state index contributed by atoms with van der Waals surface area (Å²) in [5.74, 6) is 0. The van der Waals surface area contributed by atoms with Crippen LogP contribution in [0.15, 0.2) is 0 Å². The van der Waals surface area contributed by atoms with Gasteiger partial charge in [-0.25, -0.2) is 0 Å². The minimum absolute atomic E-state index is 0.338. The fourth-order valence-electron chi connectivity index (χ4n) is 6.19. The maximum Gasteiger partial charge on any atom is 0.187 e. The third kappa shape index (κ3) is 9.65. The van der Waals surface area contributed by atoms with Gasteiger partial charge in [-0.3, -0.25) is 0 Å². The lowest BCUT2D eigenvalue weighted by Gasteiger charge is -2.46. The summed E-state index contributed by atoms with van der Waals surface area (Å²) in [6, 6.07) is 1.11. The lowest BCUT2D eigenvalue weighted by Crippen LogP contribution is -2.64. The van der Waals surface area contributed by atoms with Crippen LogP contribution in [0.4, 0.5) is 0 Å². The molecular formula is C24H52O11Si3. The quantitative estimate of drug-likeness (QED) is 0.110. The average molecular weight is 601 g/mol. The minimum atomic E-state index is -1.70. The molecule has 0 saturated carbocycles. The van der Waals surface area contributed by atoms with Gasteiger partial charge in [-0.15, -0.1) is 0 Å². The van der Waals surface area contributed by atoms with Gasteiger partial charge in [0.2, 0.25) is 0 Å². The van der Waals surface area contributed by atoms with E-state index in [9.17, 15) is 35.7 Å². The van der Waals surface area contributed by atoms with Crippen LogP contribution in [0.3, 0.4) is 0 Å². The predicted octanol–water partition coefficient (Wildman–Crippen LogP) is -0.149. The largest absolute Gasteiger partial charge is 0.394 e. The van der Waals surface area contributed by atoms with Crippen LogP contribution in [0.25, 0.3) is 0 Å². The Bertz CT molecular complexity index is 700. The van der Waals surface area contributed by atoms with E-state index in [1.54, 1.807) is 0 Å². The molecule has 11 nitrogen and oxygen atoms in total. The maximum atomic E-state index is 10.8. The molecule has 2 saturated heterocycles. The summed E-state index contributed by atoms with van der Waals surface area (Å²) in [6.45, 7) is 16.1. The zero-order chi connectivity index (χ0) is 29.1. The number of aliphatic hydroxyl groups excluding tert-OH is 7. The second-order valence-electron chi connectivity index (χ2n) is 13.8. The molecule has 0 radical (unpaired) electrons. The molecular weight excluding hydrogens is 549 g/mol. The first-order valence-corrected chi connectivity index (χ1v) is 24.1. The second kappa shape index (κ2) is 13.9. The van der Waals surface area contributed by atoms with E-state index in [0.717, 1.165) is 12.5 Å². The van der Waals surface area contributed by atoms with Crippen molar-refractivity contribution >= 4 is 24.2 Å². The Balaban J connectivity index is 1.98. The molecule has 226 valence electrons. The summed E-state index contributed by atoms with van der Waals surface area (Å²) in [5.41, 5.74) is 2.71. The Morgan fingerprint density at radius 3 is 1.63 bits per heavy atom. The van der Waals surface area contributed by atoms with Gasteiger partial charge in [0.1, 0.15) is 48.8 Å². The van der Waals surface area contributed by atoms with Crippen LogP contribution >= 0.6 is 0 Å². The highest BCUT2D eigenvalue weighted by Gasteiger charge is 2.50. The number of rotatable bonds is 13. The van der Waals surface area contributed by atoms with E-state index in [2.05, 4.69) is 45.8 Å². The second-order valence-corrected chi connectivity index (χ2v) is 31.0. The molecule has 0 aromatic rings. The molecule has 0 spiro atoms. The molecule has 7 N–H and O–H groups in total. The number of hydrogen-bond acceptors (Lipinski definition) is 11. The van der Waals surface area contributed by atoms with E-state index in [1.807, 2.05) is 0 Å². The molecule has 10 atom stereocenters. The van der Waals surface area contributed by atoms with Crippen molar-refractivity contribution < 1.29 is 54.7 Å². The first-order chi connectivity index (χ1) is 17.4. The fraction of sp³-hybridized carbons (Fsp3) is 1.00. The molecule has 1 unspecified atom stereocenters. The molecule has 38 heavy (non-hydrogen) atoms. The normalized spacial score (nSPS) is 37.4. The highest BCUT2D eigenvalue weighted by atomic mass is 28.4. The van der Waals surface area contributed by atoms with Crippen LogP contribution < -0.4 is 0 Å². The van der Waals surface area contributed by atoms with Crippen molar-refractivity contribution in [3.05, 3.63) is 0 Å². The van der Waals surface area contributed by atoms with Crippen molar-refractivity contribution in [2.45, 2.75) is 131 Å². The SMILES string of the molecule is C[Si](C)(C)C[Si](C)(CCCO[C@@H]1O[C@H](CO)[C@@H](OC2O[C@H](CO)[C@@H](O)[C@H](O)[C@H]2O)[C@H](O)[C@H]1O)C[Si](C)(C)C. The molecule has 0 aromatic heterocycles. The summed E-state index contributed by atoms with van der Waals surface area (Å²) < 4.78 is 22.5. The van der Waals surface area contributed by atoms with Crippen molar-refractivity contribution in [2.75, 3.05) is 19.8 Å². The average Bonchev–Trinajstić information content (AvgIpc) is 2.78. The van der Waals surface area contributed by atoms with E-state index in [0.29, 0.717) is 6.61 Å². The Morgan fingerprint density at radius 1 is 0.632 bits per heavy atom. The molecule has 2 rings (SSSR count). The maximum absolute atomic E-state index is 10.8. The zero-order valence-corrected chi connectivity index (χ0v) is 27.0. The molecule has 2 heterocycles. The summed E-state index contributed by atoms with van der Waals surface area (Å²) in [7, 11) is -3.95. The van der Waals surface area contributed by atoms with Crippen LogP contribution in [0, 0.1) is 0 Å². The molecule has 0 aromatic carbocycles. The van der Waals surface area contributed by atoms with Crippen LogP contribution in [-0.2, 0) is 18.9 Å². The highest BCUT2D eigenvalue weighted by molar-refractivity contribution is 7.02. The summed E-state index contributed by atoms with van der Waals surface area (Å²) in [6.07, 6.45) is -13.6. The smallest absolute Gasteiger partial charge is 0.187 e. The van der Waals surface area contributed by atoms with Crippen LogP contribution in [-0.4, -0.2) is 141 Å². The van der Waals surface area contributed by atoms with Crippen molar-refractivity contribution in [1.29, 1.82) is 0 Å². The van der Waals surface area contributed by atoms with Gasteiger partial charge >= 0.3 is 0 Å². The Hall–Kier alpha value is 0.211. The first-order valence-electron chi connectivity index (χ1n) is 13.6. The van der Waals surface area contributed by atoms with Crippen molar-refractivity contribution in [3.8, 4) is 0 Å². The third-order valence-corrected chi connectivity index (χ3v) is 24.0. The monoisotopic (exact) mass is 600 g/mol. The molecule has 2 fully saturated rings. The van der Waals surface area contributed by atoms with E-state index in [1.165, 1.54) is 11.3 Å². The van der Waals surface area contributed by atoms with Gasteiger partial charge in [0.15, 0.2) is 12.6 Å². The van der Waals surface area contributed by atoms with Gasteiger partial charge in [-0.2, -0.15) is 0 Å². The summed E-state index contributed by atoms with van der Waals surface area (Å²) >= 11 is 0. The summed E-state index contributed by atoms with van der Waals surface area (Å²) in [4.78, 5) is 0. The molecule has 0 amide bonds. The fourth-order valence-corrected chi connectivity index (χ4v) is 30.7. The highest BCUT2D eigenvalue weighted by Crippen LogP contribution is 2.33. The molecule has 14 heteroatoms. The number of aliphatic hydroxyl groups is 7. The Labute approximate surface area is 229 Å². The standard InChI is InChI=1S/C24H52O11Si3/c1-36(2,3)13-38(7,14-37(4,5)6)10-8-9-32-23-21(31)19(29)22(16(12-26)34-23)35-24-20(30)18(28)17(27)15(11-25)33-24/h15-31H,8-14H2,1-7H3/t15-,16-,17-,18+,19-,20-,21-,22-,23-,24?/m1/s1. The van der Waals surface area contributed by atoms with Gasteiger partial charge < -0.3 is 54.7 Å².